The van der Waals surface area contributed by atoms with Gasteiger partial charge >= 0.3 is 0 Å². The molecule has 1 fully saturated rings. The fourth-order valence-electron chi connectivity index (χ4n) is 1.80. The third-order valence-electron chi connectivity index (χ3n) is 2.95. The molecule has 1 rings (SSSR count). The summed E-state index contributed by atoms with van der Waals surface area (Å²) in [5, 5.41) is 0. The molecule has 0 spiro atoms. The van der Waals surface area contributed by atoms with Crippen LogP contribution in [0.15, 0.2) is 0 Å². The minimum atomic E-state index is -0.294. The molecule has 2 nitrogen and oxygen atoms in total. The first-order valence-corrected chi connectivity index (χ1v) is 5.47. The van der Waals surface area contributed by atoms with Gasteiger partial charge in [-0.1, -0.05) is 27.2 Å². The molecule has 1 unspecified atom stereocenters. The second kappa shape index (κ2) is 4.24. The van der Waals surface area contributed by atoms with Crippen molar-refractivity contribution in [3.05, 3.63) is 0 Å². The predicted molar refractivity (Wildman–Crippen MR) is 56.0 cm³/mol. The Labute approximate surface area is 86.1 Å². The van der Waals surface area contributed by atoms with E-state index in [-0.39, 0.29) is 17.1 Å². The maximum atomic E-state index is 11.7. The average molecular weight is 196 g/mol. The predicted octanol–water partition coefficient (Wildman–Crippen LogP) is 2.75. The first-order chi connectivity index (χ1) is 6.41. The molecule has 0 aromatic heterocycles. The molecule has 14 heavy (non-hydrogen) atoms. The molecule has 0 amide bonds. The van der Waals surface area contributed by atoms with Crippen LogP contribution in [0.4, 0.5) is 0 Å². The van der Waals surface area contributed by atoms with Crippen molar-refractivity contribution >= 4 is 11.6 Å². The molecule has 0 heterocycles. The molecule has 0 aromatic rings. The van der Waals surface area contributed by atoms with Crippen LogP contribution in [-0.4, -0.2) is 11.6 Å². The number of carbonyl (C=O) groups is 2. The number of hydrogen-bond donors (Lipinski definition) is 0. The van der Waals surface area contributed by atoms with Gasteiger partial charge < -0.3 is 0 Å². The molecule has 0 radical (unpaired) electrons. The molecule has 0 aliphatic heterocycles. The quantitative estimate of drug-likeness (QED) is 0.680. The summed E-state index contributed by atoms with van der Waals surface area (Å²) in [5.41, 5.74) is -0.294. The van der Waals surface area contributed by atoms with Crippen LogP contribution in [0.3, 0.4) is 0 Å². The zero-order valence-electron chi connectivity index (χ0n) is 9.43. The van der Waals surface area contributed by atoms with Gasteiger partial charge in [0.1, 0.15) is 11.6 Å². The van der Waals surface area contributed by atoms with E-state index in [1.807, 2.05) is 20.8 Å². The minimum Gasteiger partial charge on any atom is -0.299 e. The highest BCUT2D eigenvalue weighted by atomic mass is 16.1. The Morgan fingerprint density at radius 1 is 1.36 bits per heavy atom. The van der Waals surface area contributed by atoms with Crippen LogP contribution in [-0.2, 0) is 9.59 Å². The van der Waals surface area contributed by atoms with Gasteiger partial charge in [0.15, 0.2) is 0 Å². The van der Waals surface area contributed by atoms with E-state index in [0.29, 0.717) is 18.6 Å². The van der Waals surface area contributed by atoms with Crippen molar-refractivity contribution < 1.29 is 9.59 Å². The van der Waals surface area contributed by atoms with Crippen LogP contribution in [0.1, 0.15) is 52.9 Å². The summed E-state index contributed by atoms with van der Waals surface area (Å²) in [4.78, 5) is 23.2. The number of rotatable bonds is 2. The molecule has 1 atom stereocenters. The molecule has 0 aromatic carbocycles. The summed E-state index contributed by atoms with van der Waals surface area (Å²) in [6.07, 6.45) is 4.18. The molecule has 0 bridgehead atoms. The van der Waals surface area contributed by atoms with E-state index in [9.17, 15) is 9.59 Å². The number of ketones is 2. The lowest BCUT2D eigenvalue weighted by molar-refractivity contribution is -0.133. The second-order valence-corrected chi connectivity index (χ2v) is 5.29. The monoisotopic (exact) mass is 196 g/mol. The second-order valence-electron chi connectivity index (χ2n) is 5.29. The number of carbonyl (C=O) groups excluding carboxylic acids is 2. The maximum absolute atomic E-state index is 11.7. The topological polar surface area (TPSA) is 34.1 Å². The summed E-state index contributed by atoms with van der Waals surface area (Å²) < 4.78 is 0. The molecule has 0 saturated heterocycles. The fourth-order valence-corrected chi connectivity index (χ4v) is 1.80. The van der Waals surface area contributed by atoms with E-state index in [4.69, 9.17) is 0 Å². The van der Waals surface area contributed by atoms with Crippen molar-refractivity contribution in [2.24, 2.45) is 11.3 Å². The third-order valence-corrected chi connectivity index (χ3v) is 2.95. The molecule has 80 valence electrons. The first-order valence-electron chi connectivity index (χ1n) is 5.47. The van der Waals surface area contributed by atoms with Crippen LogP contribution >= 0.6 is 0 Å². The Morgan fingerprint density at radius 2 is 2.00 bits per heavy atom. The van der Waals surface area contributed by atoms with Gasteiger partial charge in [0.25, 0.3) is 0 Å². The normalized spacial score (nSPS) is 23.6. The Bertz CT molecular complexity index is 235. The Kier molecular flexibility index (Phi) is 3.46. The van der Waals surface area contributed by atoms with Crippen LogP contribution in [0.5, 0.6) is 0 Å². The zero-order valence-corrected chi connectivity index (χ0v) is 9.43. The average Bonchev–Trinajstić information content (AvgIpc) is 2.07. The first kappa shape index (κ1) is 11.4. The highest BCUT2D eigenvalue weighted by Crippen LogP contribution is 2.27. The molecule has 1 saturated carbocycles. The van der Waals surface area contributed by atoms with Crippen molar-refractivity contribution in [2.75, 3.05) is 0 Å². The minimum absolute atomic E-state index is 0.0236. The highest BCUT2D eigenvalue weighted by Gasteiger charge is 2.29. The van der Waals surface area contributed by atoms with E-state index in [1.165, 1.54) is 0 Å². The Morgan fingerprint density at radius 3 is 2.50 bits per heavy atom. The summed E-state index contributed by atoms with van der Waals surface area (Å²) in [6.45, 7) is 5.76. The van der Waals surface area contributed by atoms with Gasteiger partial charge in [-0.05, 0) is 12.8 Å². The van der Waals surface area contributed by atoms with Gasteiger partial charge in [-0.25, -0.2) is 0 Å². The summed E-state index contributed by atoms with van der Waals surface area (Å²) >= 11 is 0. The Hall–Kier alpha value is -0.660. The van der Waals surface area contributed by atoms with Gasteiger partial charge in [0.2, 0.25) is 0 Å². The van der Waals surface area contributed by atoms with E-state index < -0.39 is 0 Å². The summed E-state index contributed by atoms with van der Waals surface area (Å²) in [5.74, 6) is 0.544. The van der Waals surface area contributed by atoms with Crippen molar-refractivity contribution in [1.29, 1.82) is 0 Å². The Balaban J connectivity index is 2.51. The van der Waals surface area contributed by atoms with Crippen LogP contribution < -0.4 is 0 Å². The molecule has 1 aliphatic carbocycles. The van der Waals surface area contributed by atoms with Crippen molar-refractivity contribution in [3.8, 4) is 0 Å². The maximum Gasteiger partial charge on any atom is 0.138 e. The molecule has 0 N–H and O–H groups in total. The van der Waals surface area contributed by atoms with E-state index >= 15 is 0 Å². The molecule has 1 aliphatic rings. The fraction of sp³-hybridized carbons (Fsp3) is 0.833. The summed E-state index contributed by atoms with van der Waals surface area (Å²) in [6, 6.07) is 0. The van der Waals surface area contributed by atoms with E-state index in [0.717, 1.165) is 19.3 Å². The lowest BCUT2D eigenvalue weighted by Crippen LogP contribution is -2.28. The standard InChI is InChI=1S/C12H20O2/c1-12(2,3)11(14)8-9-6-4-5-7-10(9)13/h9H,4-8H2,1-3H3. The third kappa shape index (κ3) is 2.93. The number of hydrogen-bond acceptors (Lipinski definition) is 2. The lowest BCUT2D eigenvalue weighted by Gasteiger charge is -2.23. The zero-order chi connectivity index (χ0) is 10.8. The van der Waals surface area contributed by atoms with Crippen molar-refractivity contribution in [1.82, 2.24) is 0 Å². The molecular formula is C12H20O2. The van der Waals surface area contributed by atoms with Crippen molar-refractivity contribution in [3.63, 3.8) is 0 Å². The molecule has 2 heteroatoms. The van der Waals surface area contributed by atoms with E-state index in [1.54, 1.807) is 0 Å². The van der Waals surface area contributed by atoms with Crippen LogP contribution in [0, 0.1) is 11.3 Å². The molecular weight excluding hydrogens is 176 g/mol. The van der Waals surface area contributed by atoms with Gasteiger partial charge in [-0.2, -0.15) is 0 Å². The van der Waals surface area contributed by atoms with Crippen LogP contribution in [0.25, 0.3) is 0 Å². The van der Waals surface area contributed by atoms with Gasteiger partial charge in [0, 0.05) is 24.2 Å². The van der Waals surface area contributed by atoms with Gasteiger partial charge in [-0.15, -0.1) is 0 Å². The van der Waals surface area contributed by atoms with Gasteiger partial charge in [-0.3, -0.25) is 9.59 Å². The van der Waals surface area contributed by atoms with E-state index in [2.05, 4.69) is 0 Å². The van der Waals surface area contributed by atoms with Crippen LogP contribution in [0.2, 0.25) is 0 Å². The van der Waals surface area contributed by atoms with Crippen molar-refractivity contribution in [2.45, 2.75) is 52.9 Å². The lowest BCUT2D eigenvalue weighted by atomic mass is 9.79. The summed E-state index contributed by atoms with van der Waals surface area (Å²) in [7, 11) is 0. The van der Waals surface area contributed by atoms with Gasteiger partial charge in [0.05, 0.1) is 0 Å². The largest absolute Gasteiger partial charge is 0.299 e. The number of Topliss-reactive ketones (excluding diaryl/α,β-unsaturated/α-hetero) is 2. The smallest absolute Gasteiger partial charge is 0.138 e. The highest BCUT2D eigenvalue weighted by molar-refractivity contribution is 5.90. The SMILES string of the molecule is CC(C)(C)C(=O)CC1CCCCC1=O.